The highest BCUT2D eigenvalue weighted by molar-refractivity contribution is 7.80. The molecular weight excluding hydrogens is 388 g/mol. The van der Waals surface area contributed by atoms with Crippen LogP contribution in [0, 0.1) is 0 Å². The van der Waals surface area contributed by atoms with Crippen molar-refractivity contribution >= 4 is 17.3 Å². The number of thiocarbonyl (C=S) groups is 1. The maximum absolute atomic E-state index is 6.83. The number of rotatable bonds is 5. The van der Waals surface area contributed by atoms with Gasteiger partial charge in [0.25, 0.3) is 0 Å². The lowest BCUT2D eigenvalue weighted by molar-refractivity contribution is 0.114. The fourth-order valence-corrected chi connectivity index (χ4v) is 5.22. The van der Waals surface area contributed by atoms with Crippen LogP contribution in [0.4, 0.5) is 0 Å². The second-order valence-corrected chi connectivity index (χ2v) is 8.99. The molecule has 0 unspecified atom stereocenters. The van der Waals surface area contributed by atoms with E-state index in [4.69, 9.17) is 18.0 Å². The molecule has 2 aliphatic rings. The average molecular weight is 423 g/mol. The summed E-state index contributed by atoms with van der Waals surface area (Å²) in [5.41, 5.74) is 9.29. The molecule has 0 spiro atoms. The summed E-state index contributed by atoms with van der Waals surface area (Å²) < 4.78 is 0. The number of hydrogen-bond acceptors (Lipinski definition) is 3. The molecule has 1 aliphatic heterocycles. The zero-order chi connectivity index (χ0) is 20.8. The first kappa shape index (κ1) is 21.3. The smallest absolute Gasteiger partial charge is 0.169 e. The molecule has 0 aromatic heterocycles. The van der Waals surface area contributed by atoms with E-state index in [0.29, 0.717) is 6.04 Å². The first-order valence-electron chi connectivity index (χ1n) is 11.4. The van der Waals surface area contributed by atoms with Crippen molar-refractivity contribution < 1.29 is 0 Å². The number of benzene rings is 2. The Bertz CT molecular complexity index is 783. The molecule has 1 saturated heterocycles. The van der Waals surface area contributed by atoms with Crippen molar-refractivity contribution in [2.24, 2.45) is 5.73 Å². The first-order chi connectivity index (χ1) is 14.7. The summed E-state index contributed by atoms with van der Waals surface area (Å²) in [5, 5.41) is 4.56. The number of piperazine rings is 1. The van der Waals surface area contributed by atoms with Gasteiger partial charge < -0.3 is 16.0 Å². The van der Waals surface area contributed by atoms with Gasteiger partial charge in [0, 0.05) is 38.3 Å². The minimum absolute atomic E-state index is 0.0625. The third-order valence-corrected chi connectivity index (χ3v) is 6.97. The Labute approximate surface area is 186 Å². The van der Waals surface area contributed by atoms with Crippen molar-refractivity contribution in [1.82, 2.24) is 15.1 Å². The van der Waals surface area contributed by atoms with Gasteiger partial charge in [-0.25, -0.2) is 0 Å². The zero-order valence-corrected chi connectivity index (χ0v) is 18.6. The summed E-state index contributed by atoms with van der Waals surface area (Å²) in [4.78, 5) is 4.88. The van der Waals surface area contributed by atoms with E-state index < -0.39 is 0 Å². The van der Waals surface area contributed by atoms with Gasteiger partial charge >= 0.3 is 0 Å². The number of hydrogen-bond donors (Lipinski definition) is 2. The van der Waals surface area contributed by atoms with Crippen LogP contribution in [-0.2, 0) is 0 Å². The van der Waals surface area contributed by atoms with Crippen LogP contribution in [0.5, 0.6) is 0 Å². The Morgan fingerprint density at radius 3 is 2.00 bits per heavy atom. The molecule has 2 fully saturated rings. The van der Waals surface area contributed by atoms with Crippen molar-refractivity contribution in [2.45, 2.75) is 50.2 Å². The quantitative estimate of drug-likeness (QED) is 0.705. The topological polar surface area (TPSA) is 44.5 Å². The summed E-state index contributed by atoms with van der Waals surface area (Å²) in [5.74, 6) is 0. The van der Waals surface area contributed by atoms with E-state index in [1.807, 2.05) is 6.07 Å². The Morgan fingerprint density at radius 2 is 1.40 bits per heavy atom. The van der Waals surface area contributed by atoms with Gasteiger partial charge in [-0.3, -0.25) is 4.90 Å². The van der Waals surface area contributed by atoms with Gasteiger partial charge in [-0.1, -0.05) is 79.9 Å². The van der Waals surface area contributed by atoms with E-state index in [2.05, 4.69) is 69.7 Å². The lowest BCUT2D eigenvalue weighted by atomic mass is 9.92. The van der Waals surface area contributed by atoms with Crippen LogP contribution < -0.4 is 11.1 Å². The van der Waals surface area contributed by atoms with Crippen molar-refractivity contribution in [1.29, 1.82) is 0 Å². The molecule has 5 heteroatoms. The monoisotopic (exact) mass is 422 g/mol. The summed E-state index contributed by atoms with van der Waals surface area (Å²) in [6, 6.07) is 21.8. The molecule has 0 radical (unpaired) electrons. The highest BCUT2D eigenvalue weighted by Crippen LogP contribution is 2.33. The minimum Gasteiger partial charge on any atom is -0.360 e. The Kier molecular flexibility index (Phi) is 7.37. The molecule has 4 nitrogen and oxygen atoms in total. The van der Waals surface area contributed by atoms with Crippen LogP contribution in [0.3, 0.4) is 0 Å². The third kappa shape index (κ3) is 5.20. The summed E-state index contributed by atoms with van der Waals surface area (Å²) >= 11 is 5.75. The molecule has 2 atom stereocenters. The molecule has 1 aliphatic carbocycles. The summed E-state index contributed by atoms with van der Waals surface area (Å²) in [7, 11) is 0. The van der Waals surface area contributed by atoms with E-state index in [-0.39, 0.29) is 12.1 Å². The predicted molar refractivity (Wildman–Crippen MR) is 128 cm³/mol. The molecule has 30 heavy (non-hydrogen) atoms. The van der Waals surface area contributed by atoms with Crippen LogP contribution >= 0.6 is 12.2 Å². The lowest BCUT2D eigenvalue weighted by Crippen LogP contribution is -2.54. The molecule has 4 rings (SSSR count). The van der Waals surface area contributed by atoms with E-state index in [1.54, 1.807) is 0 Å². The van der Waals surface area contributed by atoms with Gasteiger partial charge in [-0.15, -0.1) is 0 Å². The summed E-state index contributed by atoms with van der Waals surface area (Å²) in [6.07, 6.45) is 6.52. The van der Waals surface area contributed by atoms with Crippen molar-refractivity contribution in [2.75, 3.05) is 26.2 Å². The van der Waals surface area contributed by atoms with Crippen molar-refractivity contribution in [3.05, 3.63) is 71.8 Å². The van der Waals surface area contributed by atoms with E-state index in [0.717, 1.165) is 31.3 Å². The molecule has 0 bridgehead atoms. The highest BCUT2D eigenvalue weighted by Gasteiger charge is 2.31. The fourth-order valence-electron chi connectivity index (χ4n) is 4.87. The Hall–Kier alpha value is -1.95. The van der Waals surface area contributed by atoms with Crippen LogP contribution in [0.15, 0.2) is 60.7 Å². The molecule has 0 amide bonds. The number of nitrogens with one attached hydrogen (secondary N) is 1. The van der Waals surface area contributed by atoms with E-state index >= 15 is 0 Å². The molecular formula is C25H34N4S. The average Bonchev–Trinajstić information content (AvgIpc) is 2.81. The molecule has 2 aromatic rings. The van der Waals surface area contributed by atoms with Gasteiger partial charge in [-0.2, -0.15) is 0 Å². The maximum Gasteiger partial charge on any atom is 0.169 e. The molecule has 1 heterocycles. The second-order valence-electron chi connectivity index (χ2n) is 8.60. The molecule has 1 saturated carbocycles. The van der Waals surface area contributed by atoms with E-state index in [9.17, 15) is 0 Å². The number of nitrogens with two attached hydrogens (primary N) is 1. The van der Waals surface area contributed by atoms with Gasteiger partial charge in [0.2, 0.25) is 0 Å². The van der Waals surface area contributed by atoms with Crippen LogP contribution in [-0.4, -0.2) is 47.1 Å². The SMILES string of the molecule is N[C@@H](c1ccccc1)[C@@H](c1ccccc1)N1CCN(C(=S)NC2CCCCC2)CC1. The third-order valence-electron chi connectivity index (χ3n) is 6.59. The molecule has 3 N–H and O–H groups in total. The Balaban J connectivity index is 1.42. The van der Waals surface area contributed by atoms with Crippen molar-refractivity contribution in [3.8, 4) is 0 Å². The van der Waals surface area contributed by atoms with Crippen LogP contribution in [0.25, 0.3) is 0 Å². The zero-order valence-electron chi connectivity index (χ0n) is 17.7. The Morgan fingerprint density at radius 1 is 0.833 bits per heavy atom. The largest absolute Gasteiger partial charge is 0.360 e. The minimum atomic E-state index is -0.0625. The first-order valence-corrected chi connectivity index (χ1v) is 11.8. The van der Waals surface area contributed by atoms with Crippen LogP contribution in [0.2, 0.25) is 0 Å². The fraction of sp³-hybridized carbons (Fsp3) is 0.480. The maximum atomic E-state index is 6.83. The van der Waals surface area contributed by atoms with Crippen LogP contribution in [0.1, 0.15) is 55.3 Å². The van der Waals surface area contributed by atoms with Crippen molar-refractivity contribution in [3.63, 3.8) is 0 Å². The van der Waals surface area contributed by atoms with Gasteiger partial charge in [0.15, 0.2) is 5.11 Å². The number of nitrogens with zero attached hydrogens (tertiary/aromatic N) is 2. The lowest BCUT2D eigenvalue weighted by Gasteiger charge is -2.43. The molecule has 160 valence electrons. The van der Waals surface area contributed by atoms with Gasteiger partial charge in [-0.05, 0) is 36.2 Å². The van der Waals surface area contributed by atoms with Gasteiger partial charge in [0.1, 0.15) is 0 Å². The second kappa shape index (κ2) is 10.4. The normalized spacial score (nSPS) is 20.5. The van der Waals surface area contributed by atoms with E-state index in [1.165, 1.54) is 43.2 Å². The standard InChI is InChI=1S/C25H34N4S/c26-23(20-10-4-1-5-11-20)24(21-12-6-2-7-13-21)28-16-18-29(19-17-28)25(30)27-22-14-8-3-9-15-22/h1-2,4-7,10-13,22-24H,3,8-9,14-19,26H2,(H,27,30)/t23-,24+/m0/s1. The van der Waals surface area contributed by atoms with Gasteiger partial charge in [0.05, 0.1) is 6.04 Å². The summed E-state index contributed by atoms with van der Waals surface area (Å²) in [6.45, 7) is 3.83. The molecule has 2 aromatic carbocycles. The highest BCUT2D eigenvalue weighted by atomic mass is 32.1. The predicted octanol–water partition coefficient (Wildman–Crippen LogP) is 4.25.